The van der Waals surface area contributed by atoms with Gasteiger partial charge in [-0.15, -0.1) is 0 Å². The summed E-state index contributed by atoms with van der Waals surface area (Å²) in [4.78, 5) is 21.9. The minimum atomic E-state index is -3.24. The molecule has 1 aromatic heterocycles. The highest BCUT2D eigenvalue weighted by molar-refractivity contribution is 6.32. The average molecular weight is 225 g/mol. The third kappa shape index (κ3) is 1.72. The Morgan fingerprint density at radius 2 is 2.14 bits per heavy atom. The van der Waals surface area contributed by atoms with Crippen LogP contribution in [0.4, 0.5) is 14.5 Å². The molecule has 1 aromatic rings. The van der Waals surface area contributed by atoms with E-state index < -0.39 is 33.2 Å². The molecule has 0 bridgehead atoms. The van der Waals surface area contributed by atoms with Crippen molar-refractivity contribution in [1.82, 2.24) is 4.98 Å². The number of alkyl halides is 2. The van der Waals surface area contributed by atoms with E-state index in [0.29, 0.717) is 0 Å². The van der Waals surface area contributed by atoms with Crippen molar-refractivity contribution in [2.75, 3.05) is 0 Å². The number of pyridine rings is 1. The van der Waals surface area contributed by atoms with Crippen molar-refractivity contribution in [1.29, 1.82) is 0 Å². The minimum Gasteiger partial charge on any atom is -0.327 e. The molecule has 0 aliphatic carbocycles. The Labute approximate surface area is 80.5 Å². The zero-order valence-corrected chi connectivity index (χ0v) is 7.22. The van der Waals surface area contributed by atoms with Crippen LogP contribution >= 0.6 is 11.6 Å². The predicted octanol–water partition coefficient (Wildman–Crippen LogP) is 1.87. The second-order valence-corrected chi connectivity index (χ2v) is 2.69. The Hall–Kier alpha value is -1.50. The Morgan fingerprint density at radius 1 is 1.57 bits per heavy atom. The van der Waals surface area contributed by atoms with Crippen LogP contribution in [0, 0.1) is 10.1 Å². The SMILES string of the molecule is O=c1[nH]cc(Cl)c([N+](=O)[O-])c1C(F)F. The number of nitrogens with zero attached hydrogens (tertiary/aromatic N) is 1. The van der Waals surface area contributed by atoms with Crippen molar-refractivity contribution in [3.63, 3.8) is 0 Å². The quantitative estimate of drug-likeness (QED) is 0.615. The van der Waals surface area contributed by atoms with Crippen LogP contribution in [0.3, 0.4) is 0 Å². The van der Waals surface area contributed by atoms with Crippen molar-refractivity contribution >= 4 is 17.3 Å². The maximum atomic E-state index is 12.2. The normalized spacial score (nSPS) is 10.6. The molecule has 1 rings (SSSR count). The van der Waals surface area contributed by atoms with E-state index in [0.717, 1.165) is 6.20 Å². The number of nitro groups is 1. The molecule has 0 saturated heterocycles. The second kappa shape index (κ2) is 3.70. The van der Waals surface area contributed by atoms with Crippen LogP contribution in [0.2, 0.25) is 5.02 Å². The van der Waals surface area contributed by atoms with Crippen molar-refractivity contribution in [3.05, 3.63) is 37.3 Å². The predicted molar refractivity (Wildman–Crippen MR) is 43.7 cm³/mol. The monoisotopic (exact) mass is 224 g/mol. The van der Waals surface area contributed by atoms with Crippen molar-refractivity contribution in [2.45, 2.75) is 6.43 Å². The molecule has 0 spiro atoms. The molecule has 0 fully saturated rings. The van der Waals surface area contributed by atoms with E-state index >= 15 is 0 Å². The largest absolute Gasteiger partial charge is 0.327 e. The van der Waals surface area contributed by atoms with Gasteiger partial charge >= 0.3 is 5.69 Å². The Bertz CT molecular complexity index is 432. The number of nitrogens with one attached hydrogen (secondary N) is 1. The third-order valence-electron chi connectivity index (χ3n) is 1.46. The van der Waals surface area contributed by atoms with E-state index in [1.165, 1.54) is 0 Å². The van der Waals surface area contributed by atoms with E-state index in [1.807, 2.05) is 4.98 Å². The average Bonchev–Trinajstić information content (AvgIpc) is 2.07. The highest BCUT2D eigenvalue weighted by Crippen LogP contribution is 2.30. The number of aromatic nitrogens is 1. The van der Waals surface area contributed by atoms with Gasteiger partial charge < -0.3 is 4.98 Å². The van der Waals surface area contributed by atoms with Crippen LogP contribution < -0.4 is 5.56 Å². The summed E-state index contributed by atoms with van der Waals surface area (Å²) < 4.78 is 24.5. The van der Waals surface area contributed by atoms with Crippen molar-refractivity contribution in [3.8, 4) is 0 Å². The first-order valence-corrected chi connectivity index (χ1v) is 3.66. The van der Waals surface area contributed by atoms with Gasteiger partial charge in [0.25, 0.3) is 12.0 Å². The smallest absolute Gasteiger partial charge is 0.303 e. The van der Waals surface area contributed by atoms with E-state index in [9.17, 15) is 23.7 Å². The van der Waals surface area contributed by atoms with Gasteiger partial charge in [-0.1, -0.05) is 11.6 Å². The van der Waals surface area contributed by atoms with Crippen LogP contribution in [0.1, 0.15) is 12.0 Å². The lowest BCUT2D eigenvalue weighted by molar-refractivity contribution is -0.386. The number of H-pyrrole nitrogens is 1. The molecule has 5 nitrogen and oxygen atoms in total. The molecule has 0 unspecified atom stereocenters. The summed E-state index contributed by atoms with van der Waals surface area (Å²) in [5.74, 6) is 0. The zero-order valence-electron chi connectivity index (χ0n) is 6.46. The molecule has 0 saturated carbocycles. The minimum absolute atomic E-state index is 0.523. The summed E-state index contributed by atoms with van der Waals surface area (Å²) >= 11 is 5.30. The first kappa shape index (κ1) is 10.6. The first-order chi connectivity index (χ1) is 6.45. The Balaban J connectivity index is 3.58. The molecule has 0 aliphatic heterocycles. The van der Waals surface area contributed by atoms with E-state index in [2.05, 4.69) is 0 Å². The summed E-state index contributed by atoms with van der Waals surface area (Å²) in [7, 11) is 0. The van der Waals surface area contributed by atoms with Gasteiger partial charge in [-0.3, -0.25) is 14.9 Å². The van der Waals surface area contributed by atoms with Gasteiger partial charge in [0, 0.05) is 6.20 Å². The van der Waals surface area contributed by atoms with Gasteiger partial charge in [0.05, 0.1) is 4.92 Å². The Kier molecular flexibility index (Phi) is 2.80. The number of hydrogen-bond donors (Lipinski definition) is 1. The fourth-order valence-electron chi connectivity index (χ4n) is 0.899. The van der Waals surface area contributed by atoms with Gasteiger partial charge in [-0.25, -0.2) is 8.78 Å². The molecule has 0 amide bonds. The number of aromatic amines is 1. The molecule has 0 radical (unpaired) electrons. The molecule has 0 aromatic carbocycles. The summed E-state index contributed by atoms with van der Waals surface area (Å²) in [5.41, 5.74) is -3.48. The topological polar surface area (TPSA) is 76.0 Å². The molecule has 1 heterocycles. The van der Waals surface area contributed by atoms with Crippen molar-refractivity contribution < 1.29 is 13.7 Å². The molecule has 76 valence electrons. The molecule has 0 aliphatic rings. The number of hydrogen-bond acceptors (Lipinski definition) is 3. The third-order valence-corrected chi connectivity index (χ3v) is 1.74. The molecular weight excluding hydrogens is 222 g/mol. The zero-order chi connectivity index (χ0) is 10.9. The van der Waals surface area contributed by atoms with Crippen LogP contribution in [0.5, 0.6) is 0 Å². The van der Waals surface area contributed by atoms with E-state index in [1.54, 1.807) is 0 Å². The lowest BCUT2D eigenvalue weighted by atomic mass is 10.2. The molecule has 8 heteroatoms. The second-order valence-electron chi connectivity index (χ2n) is 2.29. The maximum absolute atomic E-state index is 12.2. The molecule has 0 atom stereocenters. The number of rotatable bonds is 2. The lowest BCUT2D eigenvalue weighted by Gasteiger charge is -2.01. The standard InChI is InChI=1S/C6H3ClF2N2O3/c7-2-1-10-6(12)3(5(8)9)4(2)11(13)14/h1,5H,(H,10,12). The molecule has 1 N–H and O–H groups in total. The van der Waals surface area contributed by atoms with E-state index in [-0.39, 0.29) is 0 Å². The summed E-state index contributed by atoms with van der Waals surface area (Å²) in [5, 5.41) is 9.81. The van der Waals surface area contributed by atoms with Crippen LogP contribution in [0.15, 0.2) is 11.0 Å². The van der Waals surface area contributed by atoms with Gasteiger partial charge in [0.15, 0.2) is 5.56 Å². The van der Waals surface area contributed by atoms with Crippen LogP contribution in [0.25, 0.3) is 0 Å². The van der Waals surface area contributed by atoms with E-state index in [4.69, 9.17) is 11.6 Å². The molecule has 14 heavy (non-hydrogen) atoms. The highest BCUT2D eigenvalue weighted by Gasteiger charge is 2.28. The van der Waals surface area contributed by atoms with Gasteiger partial charge in [0.2, 0.25) is 0 Å². The number of halogens is 3. The maximum Gasteiger partial charge on any atom is 0.303 e. The Morgan fingerprint density at radius 3 is 2.50 bits per heavy atom. The summed E-state index contributed by atoms with van der Waals surface area (Å²) in [6.07, 6.45) is -2.44. The van der Waals surface area contributed by atoms with Crippen LogP contribution in [-0.2, 0) is 0 Å². The van der Waals surface area contributed by atoms with Crippen LogP contribution in [-0.4, -0.2) is 9.91 Å². The first-order valence-electron chi connectivity index (χ1n) is 3.28. The fraction of sp³-hybridized carbons (Fsp3) is 0.167. The summed E-state index contributed by atoms with van der Waals surface area (Å²) in [6, 6.07) is 0. The molecular formula is C6H3ClF2N2O3. The van der Waals surface area contributed by atoms with Crippen molar-refractivity contribution in [2.24, 2.45) is 0 Å². The fourth-order valence-corrected chi connectivity index (χ4v) is 1.12. The highest BCUT2D eigenvalue weighted by atomic mass is 35.5. The van der Waals surface area contributed by atoms with Gasteiger partial charge in [-0.2, -0.15) is 0 Å². The van der Waals surface area contributed by atoms with Gasteiger partial charge in [0.1, 0.15) is 5.02 Å². The summed E-state index contributed by atoms with van der Waals surface area (Å²) in [6.45, 7) is 0. The van der Waals surface area contributed by atoms with Gasteiger partial charge in [-0.05, 0) is 0 Å². The lowest BCUT2D eigenvalue weighted by Crippen LogP contribution is -2.15.